The number of hydrogen-bond acceptors (Lipinski definition) is 2. The van der Waals surface area contributed by atoms with Crippen LogP contribution in [0.5, 0.6) is 0 Å². The summed E-state index contributed by atoms with van der Waals surface area (Å²) in [6.07, 6.45) is 5.82. The van der Waals surface area contributed by atoms with Crippen molar-refractivity contribution in [2.75, 3.05) is 0 Å². The number of rotatable bonds is 0. The monoisotopic (exact) mass is 96.1 g/mol. The van der Waals surface area contributed by atoms with E-state index in [2.05, 4.69) is 10.3 Å². The number of hydrogen-bond donors (Lipinski definition) is 1. The Kier molecular flexibility index (Phi) is 1.11. The van der Waals surface area contributed by atoms with E-state index in [-0.39, 0.29) is 6.17 Å². The van der Waals surface area contributed by atoms with Crippen LogP contribution in [0.15, 0.2) is 17.3 Å². The molecule has 0 aromatic rings. The molecule has 0 aromatic heterocycles. The molecular weight excluding hydrogens is 88.1 g/mol. The fraction of sp³-hybridized carbons (Fsp3) is 0.400. The molecule has 0 fully saturated rings. The summed E-state index contributed by atoms with van der Waals surface area (Å²) in [5.41, 5.74) is 0. The SMILES string of the molecule is C[C@H]1N=CC=CN1. The Hall–Kier alpha value is -0.790. The van der Waals surface area contributed by atoms with Crippen molar-refractivity contribution in [1.82, 2.24) is 5.32 Å². The van der Waals surface area contributed by atoms with Gasteiger partial charge in [0.15, 0.2) is 0 Å². The molecule has 0 radical (unpaired) electrons. The topological polar surface area (TPSA) is 24.4 Å². The lowest BCUT2D eigenvalue weighted by Crippen LogP contribution is -2.19. The average Bonchev–Trinajstić information content (AvgIpc) is 1.69. The second-order valence-corrected chi connectivity index (χ2v) is 1.50. The molecule has 0 saturated heterocycles. The van der Waals surface area contributed by atoms with Crippen LogP contribution in [-0.4, -0.2) is 12.4 Å². The van der Waals surface area contributed by atoms with Crippen molar-refractivity contribution in [3.8, 4) is 0 Å². The van der Waals surface area contributed by atoms with Gasteiger partial charge in [0, 0.05) is 6.21 Å². The van der Waals surface area contributed by atoms with Crippen LogP contribution >= 0.6 is 0 Å². The molecule has 0 unspecified atom stereocenters. The molecule has 2 heteroatoms. The van der Waals surface area contributed by atoms with Crippen LogP contribution < -0.4 is 5.32 Å². The first-order valence-electron chi connectivity index (χ1n) is 2.34. The molecule has 0 saturated carbocycles. The molecule has 0 amide bonds. The summed E-state index contributed by atoms with van der Waals surface area (Å²) in [6.45, 7) is 2.00. The summed E-state index contributed by atoms with van der Waals surface area (Å²) < 4.78 is 0. The molecule has 0 bridgehead atoms. The highest BCUT2D eigenvalue weighted by molar-refractivity contribution is 5.71. The maximum atomic E-state index is 4.01. The predicted octanol–water partition coefficient (Wildman–Crippen LogP) is 0.520. The number of aliphatic imine (C=N–C) groups is 1. The second-order valence-electron chi connectivity index (χ2n) is 1.50. The van der Waals surface area contributed by atoms with E-state index in [0.717, 1.165) is 0 Å². The normalized spacial score (nSPS) is 27.3. The molecule has 38 valence electrons. The third-order valence-corrected chi connectivity index (χ3v) is 0.829. The van der Waals surface area contributed by atoms with E-state index in [1.165, 1.54) is 0 Å². The Morgan fingerprint density at radius 1 is 1.71 bits per heavy atom. The molecule has 1 rings (SSSR count). The fourth-order valence-corrected chi connectivity index (χ4v) is 0.460. The predicted molar refractivity (Wildman–Crippen MR) is 30.2 cm³/mol. The van der Waals surface area contributed by atoms with Crippen LogP contribution in [0.3, 0.4) is 0 Å². The quantitative estimate of drug-likeness (QED) is 0.467. The summed E-state index contributed by atoms with van der Waals surface area (Å²) in [7, 11) is 0. The number of nitrogens with one attached hydrogen (secondary N) is 1. The third-order valence-electron chi connectivity index (χ3n) is 0.829. The standard InChI is InChI=1S/C5H8N2/c1-5-6-3-2-4-7-5/h2-6H,1H3/t5-/m1/s1. The van der Waals surface area contributed by atoms with Crippen molar-refractivity contribution in [2.45, 2.75) is 13.1 Å². The van der Waals surface area contributed by atoms with E-state index in [0.29, 0.717) is 0 Å². The zero-order valence-corrected chi connectivity index (χ0v) is 4.26. The summed E-state index contributed by atoms with van der Waals surface area (Å²) in [6, 6.07) is 0. The third kappa shape index (κ3) is 1.03. The van der Waals surface area contributed by atoms with Gasteiger partial charge in [-0.15, -0.1) is 0 Å². The molecule has 2 nitrogen and oxygen atoms in total. The van der Waals surface area contributed by atoms with Crippen molar-refractivity contribution < 1.29 is 0 Å². The molecule has 0 spiro atoms. The molecule has 0 aliphatic carbocycles. The van der Waals surface area contributed by atoms with Gasteiger partial charge in [0.25, 0.3) is 0 Å². The largest absolute Gasteiger partial charge is 0.370 e. The first-order valence-corrected chi connectivity index (χ1v) is 2.34. The molecule has 1 aliphatic heterocycles. The molecule has 1 N–H and O–H groups in total. The lowest BCUT2D eigenvalue weighted by atomic mass is 10.5. The van der Waals surface area contributed by atoms with Gasteiger partial charge in [-0.3, -0.25) is 4.99 Å². The Morgan fingerprint density at radius 2 is 2.57 bits per heavy atom. The van der Waals surface area contributed by atoms with Crippen LogP contribution in [0, 0.1) is 0 Å². The zero-order valence-electron chi connectivity index (χ0n) is 4.26. The maximum Gasteiger partial charge on any atom is 0.115 e. The van der Waals surface area contributed by atoms with Crippen molar-refractivity contribution in [2.24, 2.45) is 4.99 Å². The Balaban J connectivity index is 2.49. The van der Waals surface area contributed by atoms with E-state index in [1.807, 2.05) is 19.2 Å². The molecule has 0 aromatic carbocycles. The van der Waals surface area contributed by atoms with Crippen LogP contribution in [0.1, 0.15) is 6.92 Å². The van der Waals surface area contributed by atoms with Gasteiger partial charge in [0.1, 0.15) is 6.17 Å². The van der Waals surface area contributed by atoms with Gasteiger partial charge in [-0.25, -0.2) is 0 Å². The smallest absolute Gasteiger partial charge is 0.115 e. The second kappa shape index (κ2) is 1.78. The summed E-state index contributed by atoms with van der Waals surface area (Å²) in [5.74, 6) is 0. The summed E-state index contributed by atoms with van der Waals surface area (Å²) >= 11 is 0. The fourth-order valence-electron chi connectivity index (χ4n) is 0.460. The lowest BCUT2D eigenvalue weighted by molar-refractivity contribution is 0.670. The van der Waals surface area contributed by atoms with Crippen LogP contribution in [0.4, 0.5) is 0 Å². The van der Waals surface area contributed by atoms with Crippen LogP contribution in [0.25, 0.3) is 0 Å². The van der Waals surface area contributed by atoms with E-state index in [9.17, 15) is 0 Å². The van der Waals surface area contributed by atoms with Gasteiger partial charge in [-0.1, -0.05) is 0 Å². The van der Waals surface area contributed by atoms with Gasteiger partial charge < -0.3 is 5.32 Å². The molecule has 1 heterocycles. The van der Waals surface area contributed by atoms with Gasteiger partial charge >= 0.3 is 0 Å². The number of allylic oxidation sites excluding steroid dienone is 1. The first kappa shape index (κ1) is 4.37. The van der Waals surface area contributed by atoms with Gasteiger partial charge in [0.05, 0.1) is 0 Å². The highest BCUT2D eigenvalue weighted by Gasteiger charge is 1.91. The minimum Gasteiger partial charge on any atom is -0.370 e. The Bertz CT molecular complexity index is 105. The Labute approximate surface area is 42.9 Å². The highest BCUT2D eigenvalue weighted by atomic mass is 15.0. The van der Waals surface area contributed by atoms with E-state index in [1.54, 1.807) is 6.21 Å². The van der Waals surface area contributed by atoms with E-state index in [4.69, 9.17) is 0 Å². The minimum absolute atomic E-state index is 0.269. The number of nitrogens with zero attached hydrogens (tertiary/aromatic N) is 1. The van der Waals surface area contributed by atoms with E-state index < -0.39 is 0 Å². The average molecular weight is 96.1 g/mol. The van der Waals surface area contributed by atoms with Crippen molar-refractivity contribution in [3.05, 3.63) is 12.3 Å². The summed E-state index contributed by atoms with van der Waals surface area (Å²) in [5, 5.41) is 3.00. The maximum absolute atomic E-state index is 4.01. The van der Waals surface area contributed by atoms with E-state index >= 15 is 0 Å². The van der Waals surface area contributed by atoms with Gasteiger partial charge in [-0.2, -0.15) is 0 Å². The highest BCUT2D eigenvalue weighted by Crippen LogP contribution is 1.85. The van der Waals surface area contributed by atoms with Crippen LogP contribution in [0.2, 0.25) is 0 Å². The molecule has 7 heavy (non-hydrogen) atoms. The summed E-state index contributed by atoms with van der Waals surface area (Å²) in [4.78, 5) is 4.01. The molecule has 1 aliphatic rings. The van der Waals surface area contributed by atoms with Crippen molar-refractivity contribution in [3.63, 3.8) is 0 Å². The van der Waals surface area contributed by atoms with Gasteiger partial charge in [0.2, 0.25) is 0 Å². The first-order chi connectivity index (χ1) is 3.39. The minimum atomic E-state index is 0.269. The lowest BCUT2D eigenvalue weighted by Gasteiger charge is -2.06. The van der Waals surface area contributed by atoms with Crippen molar-refractivity contribution in [1.29, 1.82) is 0 Å². The zero-order chi connectivity index (χ0) is 5.11. The molecule has 1 atom stereocenters. The van der Waals surface area contributed by atoms with Crippen LogP contribution in [-0.2, 0) is 0 Å². The van der Waals surface area contributed by atoms with Crippen molar-refractivity contribution >= 4 is 6.21 Å². The molecular formula is C5H8N2. The van der Waals surface area contributed by atoms with Gasteiger partial charge in [-0.05, 0) is 19.2 Å². The Morgan fingerprint density at radius 3 is 2.86 bits per heavy atom.